The van der Waals surface area contributed by atoms with E-state index in [1.165, 1.54) is 0 Å². The molecule has 1 fully saturated rings. The third kappa shape index (κ3) is 2.40. The van der Waals surface area contributed by atoms with Gasteiger partial charge in [0, 0.05) is 18.9 Å². The zero-order chi connectivity index (χ0) is 14.0. The van der Waals surface area contributed by atoms with Gasteiger partial charge in [0.05, 0.1) is 35.9 Å². The van der Waals surface area contributed by atoms with Crippen LogP contribution in [0.4, 0.5) is 5.69 Å². The first-order valence-electron chi connectivity index (χ1n) is 6.45. The molecular formula is C14H16ClN3O2. The number of para-hydroxylation sites is 1. The molecule has 3 rings (SSSR count). The minimum absolute atomic E-state index is 0.109. The van der Waals surface area contributed by atoms with Crippen molar-refractivity contribution < 1.29 is 9.84 Å². The van der Waals surface area contributed by atoms with E-state index >= 15 is 0 Å². The fourth-order valence-electron chi connectivity index (χ4n) is 2.21. The molecule has 0 bridgehead atoms. The zero-order valence-electron chi connectivity index (χ0n) is 10.9. The Labute approximate surface area is 122 Å². The number of aliphatic hydroxyl groups is 1. The fraction of sp³-hybridized carbons (Fsp3) is 0.357. The molecule has 5 nitrogen and oxygen atoms in total. The summed E-state index contributed by atoms with van der Waals surface area (Å²) in [5.41, 5.74) is 1.51. The lowest BCUT2D eigenvalue weighted by atomic mass is 9.87. The van der Waals surface area contributed by atoms with Gasteiger partial charge in [-0.1, -0.05) is 17.7 Å². The van der Waals surface area contributed by atoms with E-state index in [0.717, 1.165) is 11.4 Å². The molecule has 106 valence electrons. The Kier molecular flexibility index (Phi) is 3.65. The molecule has 1 aromatic heterocycles. The van der Waals surface area contributed by atoms with Crippen molar-refractivity contribution in [3.05, 3.63) is 41.7 Å². The van der Waals surface area contributed by atoms with Gasteiger partial charge in [-0.15, -0.1) is 0 Å². The lowest BCUT2D eigenvalue weighted by molar-refractivity contribution is -0.128. The predicted octanol–water partition coefficient (Wildman–Crippen LogP) is 1.95. The molecule has 0 saturated carbocycles. The second-order valence-electron chi connectivity index (χ2n) is 5.09. The highest BCUT2D eigenvalue weighted by Gasteiger charge is 2.38. The van der Waals surface area contributed by atoms with Crippen LogP contribution in [0.1, 0.15) is 0 Å². The standard InChI is InChI=1S/C14H16ClN3O2/c15-11-3-1-4-12(13(11)18-6-2-5-17-18)16-7-14(8-19)9-20-10-14/h1-6,16,19H,7-10H2. The van der Waals surface area contributed by atoms with Gasteiger partial charge in [-0.25, -0.2) is 4.68 Å². The number of halogens is 1. The topological polar surface area (TPSA) is 59.3 Å². The summed E-state index contributed by atoms with van der Waals surface area (Å²) in [7, 11) is 0. The van der Waals surface area contributed by atoms with Crippen LogP contribution >= 0.6 is 11.6 Å². The molecule has 0 atom stereocenters. The fourth-order valence-corrected chi connectivity index (χ4v) is 2.48. The van der Waals surface area contributed by atoms with E-state index in [9.17, 15) is 5.11 Å². The van der Waals surface area contributed by atoms with Crippen LogP contribution in [0.5, 0.6) is 0 Å². The maximum Gasteiger partial charge on any atom is 0.106 e. The molecule has 2 N–H and O–H groups in total. The van der Waals surface area contributed by atoms with Crippen molar-refractivity contribution in [3.63, 3.8) is 0 Å². The summed E-state index contributed by atoms with van der Waals surface area (Å²) in [6.07, 6.45) is 3.56. The Morgan fingerprint density at radius 1 is 1.40 bits per heavy atom. The average molecular weight is 294 g/mol. The molecule has 1 aromatic carbocycles. The van der Waals surface area contributed by atoms with Crippen LogP contribution in [-0.2, 0) is 4.74 Å². The van der Waals surface area contributed by atoms with Gasteiger partial charge in [-0.2, -0.15) is 5.10 Å². The van der Waals surface area contributed by atoms with Crippen molar-refractivity contribution in [1.82, 2.24) is 9.78 Å². The third-order valence-electron chi connectivity index (χ3n) is 3.53. The normalized spacial score (nSPS) is 16.7. The van der Waals surface area contributed by atoms with Crippen molar-refractivity contribution in [1.29, 1.82) is 0 Å². The lowest BCUT2D eigenvalue weighted by Gasteiger charge is -2.40. The summed E-state index contributed by atoms with van der Waals surface area (Å²) < 4.78 is 6.93. The number of aliphatic hydroxyl groups excluding tert-OH is 1. The van der Waals surface area contributed by atoms with Crippen LogP contribution in [0.2, 0.25) is 5.02 Å². The minimum Gasteiger partial charge on any atom is -0.396 e. The smallest absolute Gasteiger partial charge is 0.106 e. The molecular weight excluding hydrogens is 278 g/mol. The molecule has 1 saturated heterocycles. The molecule has 2 heterocycles. The van der Waals surface area contributed by atoms with Gasteiger partial charge in [0.15, 0.2) is 0 Å². The van der Waals surface area contributed by atoms with Gasteiger partial charge in [-0.3, -0.25) is 0 Å². The maximum atomic E-state index is 9.46. The SMILES string of the molecule is OCC1(CNc2cccc(Cl)c2-n2cccn2)COC1. The highest BCUT2D eigenvalue weighted by Crippen LogP contribution is 2.31. The summed E-state index contributed by atoms with van der Waals surface area (Å²) >= 11 is 6.28. The van der Waals surface area contributed by atoms with E-state index < -0.39 is 0 Å². The van der Waals surface area contributed by atoms with Crippen molar-refractivity contribution in [2.45, 2.75) is 0 Å². The second kappa shape index (κ2) is 5.44. The number of ether oxygens (including phenoxy) is 1. The number of benzene rings is 1. The molecule has 0 radical (unpaired) electrons. The number of nitrogens with zero attached hydrogens (tertiary/aromatic N) is 2. The number of rotatable bonds is 5. The largest absolute Gasteiger partial charge is 0.396 e. The van der Waals surface area contributed by atoms with Crippen LogP contribution in [0.25, 0.3) is 5.69 Å². The Balaban J connectivity index is 1.85. The van der Waals surface area contributed by atoms with Gasteiger partial charge in [-0.05, 0) is 18.2 Å². The van der Waals surface area contributed by atoms with Gasteiger partial charge in [0.25, 0.3) is 0 Å². The summed E-state index contributed by atoms with van der Waals surface area (Å²) in [5.74, 6) is 0. The Morgan fingerprint density at radius 3 is 2.85 bits per heavy atom. The molecule has 6 heteroatoms. The first-order chi connectivity index (χ1) is 9.74. The highest BCUT2D eigenvalue weighted by atomic mass is 35.5. The van der Waals surface area contributed by atoms with Gasteiger partial charge < -0.3 is 15.2 Å². The van der Waals surface area contributed by atoms with Crippen LogP contribution < -0.4 is 5.32 Å². The molecule has 20 heavy (non-hydrogen) atoms. The predicted molar refractivity (Wildman–Crippen MR) is 77.4 cm³/mol. The number of nitrogens with one attached hydrogen (secondary N) is 1. The highest BCUT2D eigenvalue weighted by molar-refractivity contribution is 6.33. The summed E-state index contributed by atoms with van der Waals surface area (Å²) in [6.45, 7) is 1.90. The maximum absolute atomic E-state index is 9.46. The van der Waals surface area contributed by atoms with Crippen molar-refractivity contribution >= 4 is 17.3 Å². The van der Waals surface area contributed by atoms with Gasteiger partial charge >= 0.3 is 0 Å². The molecule has 1 aliphatic rings. The molecule has 2 aromatic rings. The first kappa shape index (κ1) is 13.4. The zero-order valence-corrected chi connectivity index (χ0v) is 11.7. The summed E-state index contributed by atoms with van der Waals surface area (Å²) in [6, 6.07) is 7.52. The van der Waals surface area contributed by atoms with Crippen molar-refractivity contribution in [3.8, 4) is 5.69 Å². The van der Waals surface area contributed by atoms with Crippen LogP contribution in [0.3, 0.4) is 0 Å². The van der Waals surface area contributed by atoms with Gasteiger partial charge in [0.1, 0.15) is 5.69 Å². The Morgan fingerprint density at radius 2 is 2.25 bits per heavy atom. The van der Waals surface area contributed by atoms with E-state index in [1.54, 1.807) is 10.9 Å². The van der Waals surface area contributed by atoms with E-state index in [0.29, 0.717) is 24.8 Å². The molecule has 1 aliphatic heterocycles. The van der Waals surface area contributed by atoms with E-state index in [4.69, 9.17) is 16.3 Å². The van der Waals surface area contributed by atoms with Crippen LogP contribution in [0.15, 0.2) is 36.7 Å². The van der Waals surface area contributed by atoms with E-state index in [1.807, 2.05) is 30.5 Å². The number of hydrogen-bond acceptors (Lipinski definition) is 4. The van der Waals surface area contributed by atoms with Crippen molar-refractivity contribution in [2.24, 2.45) is 5.41 Å². The Bertz CT molecular complexity index is 577. The summed E-state index contributed by atoms with van der Waals surface area (Å²) in [4.78, 5) is 0. The molecule has 0 aliphatic carbocycles. The van der Waals surface area contributed by atoms with Crippen LogP contribution in [-0.4, -0.2) is 41.3 Å². The average Bonchev–Trinajstić information content (AvgIpc) is 2.92. The number of aromatic nitrogens is 2. The number of hydrogen-bond donors (Lipinski definition) is 2. The van der Waals surface area contributed by atoms with Crippen LogP contribution in [0, 0.1) is 5.41 Å². The minimum atomic E-state index is -0.191. The van der Waals surface area contributed by atoms with Gasteiger partial charge in [0.2, 0.25) is 0 Å². The third-order valence-corrected chi connectivity index (χ3v) is 3.83. The monoisotopic (exact) mass is 293 g/mol. The Hall–Kier alpha value is -1.56. The number of anilines is 1. The lowest BCUT2D eigenvalue weighted by Crippen LogP contribution is -2.50. The van der Waals surface area contributed by atoms with Crippen molar-refractivity contribution in [2.75, 3.05) is 31.7 Å². The molecule has 0 amide bonds. The van der Waals surface area contributed by atoms with E-state index in [2.05, 4.69) is 10.4 Å². The summed E-state index contributed by atoms with van der Waals surface area (Å²) in [5, 5.41) is 17.7. The quantitative estimate of drug-likeness (QED) is 0.884. The van der Waals surface area contributed by atoms with E-state index in [-0.39, 0.29) is 12.0 Å². The first-order valence-corrected chi connectivity index (χ1v) is 6.83. The second-order valence-corrected chi connectivity index (χ2v) is 5.50. The molecule has 0 spiro atoms. The molecule has 0 unspecified atom stereocenters.